The Labute approximate surface area is 237 Å². The summed E-state index contributed by atoms with van der Waals surface area (Å²) in [5, 5.41) is 0. The van der Waals surface area contributed by atoms with Crippen LogP contribution in [0.1, 0.15) is 36.6 Å². The lowest BCUT2D eigenvalue weighted by atomic mass is 9.94. The van der Waals surface area contributed by atoms with E-state index in [4.69, 9.17) is 15.5 Å². The number of nitrogens with zero attached hydrogens (tertiary/aromatic N) is 4. The van der Waals surface area contributed by atoms with Gasteiger partial charge >= 0.3 is 6.18 Å². The minimum absolute atomic E-state index is 0.0289. The van der Waals surface area contributed by atoms with E-state index in [0.717, 1.165) is 58.6 Å². The predicted molar refractivity (Wildman–Crippen MR) is 146 cm³/mol. The molecule has 3 aromatic rings. The second-order valence-electron chi connectivity index (χ2n) is 10.7. The van der Waals surface area contributed by atoms with Crippen molar-refractivity contribution in [2.75, 3.05) is 39.9 Å². The number of fused-ring (bicyclic) bond motifs is 1. The number of sulfonamides is 1. The van der Waals surface area contributed by atoms with Crippen LogP contribution in [0.3, 0.4) is 0 Å². The lowest BCUT2D eigenvalue weighted by molar-refractivity contribution is -0.140. The first kappa shape index (κ1) is 29.5. The van der Waals surface area contributed by atoms with Gasteiger partial charge in [0.15, 0.2) is 0 Å². The molecule has 2 aromatic carbocycles. The molecule has 222 valence electrons. The number of nitrogens with two attached hydrogens (primary N) is 1. The summed E-state index contributed by atoms with van der Waals surface area (Å²) in [6.07, 6.45) is -2.47. The molecule has 0 aliphatic carbocycles. The van der Waals surface area contributed by atoms with Gasteiger partial charge in [0.25, 0.3) is 0 Å². The standard InChI is InChI=1S/C28H34F3N5O4S/c1-40-15-7-14-36-24-11-4-3-10-23(24)33-26(36)19-8-6-13-34(16-19)27(37)20-17-35(18-22(20)32)41(38,39)25-12-5-2-9-21(25)28(29,30)31/h2-5,9-12,19-20,22H,6-8,13-18,32H2,1H3/t19-,20-,22-/m1/s1. The van der Waals surface area contributed by atoms with Crippen LogP contribution in [0, 0.1) is 5.92 Å². The van der Waals surface area contributed by atoms with Crippen molar-refractivity contribution in [3.63, 3.8) is 0 Å². The minimum atomic E-state index is -4.84. The fourth-order valence-electron chi connectivity index (χ4n) is 5.94. The summed E-state index contributed by atoms with van der Waals surface area (Å²) >= 11 is 0. The van der Waals surface area contributed by atoms with E-state index in [0.29, 0.717) is 26.2 Å². The van der Waals surface area contributed by atoms with E-state index < -0.39 is 38.6 Å². The molecule has 1 aromatic heterocycles. The Morgan fingerprint density at radius 1 is 1.10 bits per heavy atom. The Hall–Kier alpha value is -3.00. The van der Waals surface area contributed by atoms with Crippen molar-refractivity contribution in [2.24, 2.45) is 11.7 Å². The molecule has 2 aliphatic heterocycles. The highest BCUT2D eigenvalue weighted by Gasteiger charge is 2.46. The van der Waals surface area contributed by atoms with Crippen LogP contribution in [-0.2, 0) is 32.3 Å². The maximum absolute atomic E-state index is 13.7. The van der Waals surface area contributed by atoms with E-state index >= 15 is 0 Å². The maximum atomic E-state index is 13.7. The number of hydrogen-bond acceptors (Lipinski definition) is 6. The second-order valence-corrected chi connectivity index (χ2v) is 12.6. The van der Waals surface area contributed by atoms with E-state index in [1.807, 2.05) is 24.3 Å². The van der Waals surface area contributed by atoms with Crippen LogP contribution in [0.5, 0.6) is 0 Å². The van der Waals surface area contributed by atoms with Crippen LogP contribution >= 0.6 is 0 Å². The van der Waals surface area contributed by atoms with Crippen LogP contribution in [0.25, 0.3) is 11.0 Å². The van der Waals surface area contributed by atoms with E-state index in [-0.39, 0.29) is 24.9 Å². The van der Waals surface area contributed by atoms with Gasteiger partial charge in [-0.25, -0.2) is 13.4 Å². The molecule has 2 fully saturated rings. The van der Waals surface area contributed by atoms with E-state index in [1.54, 1.807) is 12.0 Å². The van der Waals surface area contributed by atoms with Gasteiger partial charge in [-0.1, -0.05) is 24.3 Å². The van der Waals surface area contributed by atoms with Gasteiger partial charge in [-0.2, -0.15) is 17.5 Å². The summed E-state index contributed by atoms with van der Waals surface area (Å²) in [7, 11) is -2.87. The highest BCUT2D eigenvalue weighted by atomic mass is 32.2. The number of benzene rings is 2. The first-order chi connectivity index (χ1) is 19.5. The zero-order valence-corrected chi connectivity index (χ0v) is 23.6. The number of likely N-dealkylation sites (tertiary alicyclic amines) is 1. The van der Waals surface area contributed by atoms with Crippen molar-refractivity contribution >= 4 is 27.0 Å². The van der Waals surface area contributed by atoms with Crippen molar-refractivity contribution < 1.29 is 31.1 Å². The molecule has 9 nitrogen and oxygen atoms in total. The summed E-state index contributed by atoms with van der Waals surface area (Å²) in [6.45, 7) is 1.70. The van der Waals surface area contributed by atoms with Gasteiger partial charge in [-0.05, 0) is 43.5 Å². The first-order valence-corrected chi connectivity index (χ1v) is 15.1. The maximum Gasteiger partial charge on any atom is 0.417 e. The number of alkyl halides is 3. The molecular weight excluding hydrogens is 559 g/mol. The van der Waals surface area contributed by atoms with Gasteiger partial charge in [0, 0.05) is 58.4 Å². The number of para-hydroxylation sites is 2. The van der Waals surface area contributed by atoms with Crippen LogP contribution in [0.4, 0.5) is 13.2 Å². The smallest absolute Gasteiger partial charge is 0.385 e. The second kappa shape index (κ2) is 11.7. The number of halogens is 3. The topological polar surface area (TPSA) is 111 Å². The SMILES string of the molecule is COCCCn1c([C@@H]2CCCN(C(=O)[C@@H]3CN(S(=O)(=O)c4ccccc4C(F)(F)F)C[C@H]3N)C2)nc2ccccc21. The molecule has 5 rings (SSSR count). The monoisotopic (exact) mass is 593 g/mol. The van der Waals surface area contributed by atoms with Crippen LogP contribution < -0.4 is 5.73 Å². The molecule has 2 N–H and O–H groups in total. The fourth-order valence-corrected chi connectivity index (χ4v) is 7.66. The summed E-state index contributed by atoms with van der Waals surface area (Å²) in [4.78, 5) is 19.5. The number of hydrogen-bond donors (Lipinski definition) is 1. The van der Waals surface area contributed by atoms with Crippen molar-refractivity contribution in [3.05, 3.63) is 59.9 Å². The van der Waals surface area contributed by atoms with Gasteiger partial charge in [0.2, 0.25) is 15.9 Å². The number of piperidine rings is 1. The van der Waals surface area contributed by atoms with Crippen molar-refractivity contribution in [1.82, 2.24) is 18.8 Å². The van der Waals surface area contributed by atoms with Gasteiger partial charge in [-0.15, -0.1) is 0 Å². The number of ether oxygens (including phenoxy) is 1. The van der Waals surface area contributed by atoms with Crippen LogP contribution in [-0.4, -0.2) is 79.0 Å². The Balaban J connectivity index is 1.34. The molecule has 0 radical (unpaired) electrons. The molecule has 13 heteroatoms. The first-order valence-electron chi connectivity index (χ1n) is 13.7. The van der Waals surface area contributed by atoms with Crippen LogP contribution in [0.15, 0.2) is 53.4 Å². The van der Waals surface area contributed by atoms with Gasteiger partial charge in [-0.3, -0.25) is 4.79 Å². The number of rotatable bonds is 8. The third kappa shape index (κ3) is 5.85. The van der Waals surface area contributed by atoms with Gasteiger partial charge < -0.3 is 19.9 Å². The number of carbonyl (C=O) groups excluding carboxylic acids is 1. The predicted octanol–water partition coefficient (Wildman–Crippen LogP) is 3.45. The highest BCUT2D eigenvalue weighted by Crippen LogP contribution is 2.37. The molecule has 0 bridgehead atoms. The lowest BCUT2D eigenvalue weighted by Gasteiger charge is -2.35. The molecule has 0 unspecified atom stereocenters. The third-order valence-electron chi connectivity index (χ3n) is 7.97. The van der Waals surface area contributed by atoms with Crippen molar-refractivity contribution in [3.8, 4) is 0 Å². The average Bonchev–Trinajstić information content (AvgIpc) is 3.53. The average molecular weight is 594 g/mol. The number of aromatic nitrogens is 2. The number of amides is 1. The van der Waals surface area contributed by atoms with Crippen molar-refractivity contribution in [2.45, 2.75) is 48.8 Å². The quantitative estimate of drug-likeness (QED) is 0.401. The highest BCUT2D eigenvalue weighted by molar-refractivity contribution is 7.89. The van der Waals surface area contributed by atoms with E-state index in [2.05, 4.69) is 4.57 Å². The van der Waals surface area contributed by atoms with E-state index in [9.17, 15) is 26.4 Å². The van der Waals surface area contributed by atoms with E-state index in [1.165, 1.54) is 6.07 Å². The minimum Gasteiger partial charge on any atom is -0.385 e. The Morgan fingerprint density at radius 3 is 2.59 bits per heavy atom. The Bertz CT molecular complexity index is 1510. The molecule has 1 amide bonds. The molecule has 3 atom stereocenters. The van der Waals surface area contributed by atoms with Gasteiger partial charge in [0.05, 0.1) is 27.4 Å². The number of carbonyl (C=O) groups is 1. The van der Waals surface area contributed by atoms with Crippen LogP contribution in [0.2, 0.25) is 0 Å². The van der Waals surface area contributed by atoms with Crippen molar-refractivity contribution in [1.29, 1.82) is 0 Å². The largest absolute Gasteiger partial charge is 0.417 e. The summed E-state index contributed by atoms with van der Waals surface area (Å²) in [5.41, 5.74) is 6.91. The molecule has 2 saturated heterocycles. The Morgan fingerprint density at radius 2 is 1.83 bits per heavy atom. The summed E-state index contributed by atoms with van der Waals surface area (Å²) < 4.78 is 75.6. The zero-order chi connectivity index (χ0) is 29.4. The molecule has 0 saturated carbocycles. The lowest BCUT2D eigenvalue weighted by Crippen LogP contribution is -2.47. The summed E-state index contributed by atoms with van der Waals surface area (Å²) in [5.74, 6) is -0.282. The fraction of sp³-hybridized carbons (Fsp3) is 0.500. The normalized spacial score (nSPS) is 22.5. The third-order valence-corrected chi connectivity index (χ3v) is 9.86. The zero-order valence-electron chi connectivity index (χ0n) is 22.8. The molecule has 41 heavy (non-hydrogen) atoms. The number of methoxy groups -OCH3 is 1. The Kier molecular flexibility index (Phi) is 8.42. The molecular formula is C28H34F3N5O4S. The number of aryl methyl sites for hydroxylation is 1. The molecule has 2 aliphatic rings. The molecule has 3 heterocycles. The number of imidazole rings is 1. The van der Waals surface area contributed by atoms with Gasteiger partial charge in [0.1, 0.15) is 5.82 Å². The summed E-state index contributed by atoms with van der Waals surface area (Å²) in [6, 6.07) is 11.1. The molecule has 0 spiro atoms.